The Labute approximate surface area is 138 Å². The van der Waals surface area contributed by atoms with Crippen LogP contribution in [0.4, 0.5) is 0 Å². The molecular weight excluding hydrogens is 331 g/mol. The molecule has 0 aliphatic carbocycles. The Morgan fingerprint density at radius 2 is 1.86 bits per heavy atom. The van der Waals surface area contributed by atoms with Crippen LogP contribution in [0.1, 0.15) is 16.7 Å². The summed E-state index contributed by atoms with van der Waals surface area (Å²) in [7, 11) is 0. The molecule has 0 radical (unpaired) electrons. The Morgan fingerprint density at radius 1 is 1.05 bits per heavy atom. The minimum atomic E-state index is 0.347. The summed E-state index contributed by atoms with van der Waals surface area (Å²) in [6.07, 6.45) is 0.886. The van der Waals surface area contributed by atoms with Gasteiger partial charge in [-0.25, -0.2) is 0 Å². The van der Waals surface area contributed by atoms with Crippen molar-refractivity contribution in [3.63, 3.8) is 0 Å². The second-order valence-electron chi connectivity index (χ2n) is 4.83. The van der Waals surface area contributed by atoms with Crippen molar-refractivity contribution in [3.8, 4) is 11.5 Å². The molecule has 0 amide bonds. The third-order valence-corrected chi connectivity index (χ3v) is 4.12. The molecule has 0 N–H and O–H groups in total. The summed E-state index contributed by atoms with van der Waals surface area (Å²) in [5, 5.41) is 1.34. The smallest absolute Gasteiger partial charge is 0.129 e. The molecule has 0 atom stereocenters. The molecule has 21 heavy (non-hydrogen) atoms. The number of rotatable bonds is 4. The first-order valence-electron chi connectivity index (χ1n) is 6.58. The summed E-state index contributed by atoms with van der Waals surface area (Å²) in [5.41, 5.74) is 2.95. The molecular formula is C16H13Cl3O2. The van der Waals surface area contributed by atoms with Crippen molar-refractivity contribution in [1.29, 1.82) is 0 Å². The third kappa shape index (κ3) is 3.23. The summed E-state index contributed by atoms with van der Waals surface area (Å²) in [6.45, 7) is 1.07. The molecule has 0 saturated heterocycles. The second-order valence-corrected chi connectivity index (χ2v) is 5.97. The van der Waals surface area contributed by atoms with E-state index in [2.05, 4.69) is 0 Å². The van der Waals surface area contributed by atoms with E-state index >= 15 is 0 Å². The predicted molar refractivity (Wildman–Crippen MR) is 86.0 cm³/mol. The van der Waals surface area contributed by atoms with Crippen LogP contribution < -0.4 is 9.47 Å². The van der Waals surface area contributed by atoms with Gasteiger partial charge in [-0.2, -0.15) is 0 Å². The fourth-order valence-corrected chi connectivity index (χ4v) is 3.07. The summed E-state index contributed by atoms with van der Waals surface area (Å²) in [4.78, 5) is 0. The van der Waals surface area contributed by atoms with Crippen LogP contribution in [0, 0.1) is 0 Å². The Kier molecular flexibility index (Phi) is 4.48. The van der Waals surface area contributed by atoms with Crippen molar-refractivity contribution in [1.82, 2.24) is 0 Å². The van der Waals surface area contributed by atoms with E-state index in [-0.39, 0.29) is 0 Å². The van der Waals surface area contributed by atoms with Crippen molar-refractivity contribution < 1.29 is 9.47 Å². The highest BCUT2D eigenvalue weighted by atomic mass is 35.5. The lowest BCUT2D eigenvalue weighted by Gasteiger charge is -2.13. The summed E-state index contributed by atoms with van der Waals surface area (Å²) in [5.74, 6) is 1.96. The number of halogens is 3. The number of ether oxygens (including phenoxy) is 2. The Bertz CT molecular complexity index is 671. The second kappa shape index (κ2) is 6.35. The van der Waals surface area contributed by atoms with Crippen molar-refractivity contribution in [3.05, 3.63) is 57.1 Å². The maximum Gasteiger partial charge on any atom is 0.129 e. The number of fused-ring (bicyclic) bond motifs is 1. The van der Waals surface area contributed by atoms with Crippen molar-refractivity contribution in [2.75, 3.05) is 6.61 Å². The number of alkyl halides is 1. The van der Waals surface area contributed by atoms with Crippen LogP contribution in [0.3, 0.4) is 0 Å². The van der Waals surface area contributed by atoms with Crippen LogP contribution in [-0.4, -0.2) is 6.61 Å². The van der Waals surface area contributed by atoms with Gasteiger partial charge in [-0.1, -0.05) is 23.2 Å². The minimum absolute atomic E-state index is 0.347. The van der Waals surface area contributed by atoms with Gasteiger partial charge in [0.2, 0.25) is 0 Å². The monoisotopic (exact) mass is 342 g/mol. The summed E-state index contributed by atoms with van der Waals surface area (Å²) >= 11 is 18.0. The maximum absolute atomic E-state index is 6.14. The van der Waals surface area contributed by atoms with E-state index < -0.39 is 0 Å². The van der Waals surface area contributed by atoms with Crippen LogP contribution >= 0.6 is 34.8 Å². The first-order valence-corrected chi connectivity index (χ1v) is 7.87. The van der Waals surface area contributed by atoms with E-state index in [9.17, 15) is 0 Å². The minimum Gasteiger partial charge on any atom is -0.493 e. The van der Waals surface area contributed by atoms with E-state index in [1.54, 1.807) is 6.07 Å². The van der Waals surface area contributed by atoms with Crippen molar-refractivity contribution in [2.45, 2.75) is 18.9 Å². The average Bonchev–Trinajstić information content (AvgIpc) is 2.93. The normalized spacial score (nSPS) is 12.9. The third-order valence-electron chi connectivity index (χ3n) is 3.38. The van der Waals surface area contributed by atoms with Gasteiger partial charge in [-0.3, -0.25) is 0 Å². The highest BCUT2D eigenvalue weighted by molar-refractivity contribution is 6.31. The zero-order chi connectivity index (χ0) is 14.8. The van der Waals surface area contributed by atoms with E-state index in [1.807, 2.05) is 24.3 Å². The lowest BCUT2D eigenvalue weighted by molar-refractivity contribution is 0.290. The van der Waals surface area contributed by atoms with Gasteiger partial charge in [0.25, 0.3) is 0 Å². The lowest BCUT2D eigenvalue weighted by atomic mass is 10.1. The molecule has 1 aliphatic rings. The molecule has 0 spiro atoms. The van der Waals surface area contributed by atoms with E-state index in [4.69, 9.17) is 44.3 Å². The number of hydrogen-bond donors (Lipinski definition) is 0. The van der Waals surface area contributed by atoms with Gasteiger partial charge < -0.3 is 9.47 Å². The van der Waals surface area contributed by atoms with Gasteiger partial charge in [-0.15, -0.1) is 11.6 Å². The standard InChI is InChI=1S/C16H13Cl3O2/c17-8-11-6-13(18)1-2-15(11)21-9-12-7-14(19)5-10-3-4-20-16(10)12/h1-2,5-7H,3-4,8-9H2. The fourth-order valence-electron chi connectivity index (χ4n) is 2.40. The van der Waals surface area contributed by atoms with Crippen LogP contribution in [0.5, 0.6) is 11.5 Å². The molecule has 3 rings (SSSR count). The summed E-state index contributed by atoms with van der Waals surface area (Å²) in [6, 6.07) is 9.24. The van der Waals surface area contributed by atoms with Gasteiger partial charge in [-0.05, 0) is 35.9 Å². The Hall–Kier alpha value is -1.09. The number of hydrogen-bond acceptors (Lipinski definition) is 2. The molecule has 2 aromatic carbocycles. The van der Waals surface area contributed by atoms with E-state index in [0.29, 0.717) is 29.1 Å². The largest absolute Gasteiger partial charge is 0.493 e. The molecule has 0 fully saturated rings. The van der Waals surface area contributed by atoms with Crippen LogP contribution in [0.25, 0.3) is 0 Å². The maximum atomic E-state index is 6.14. The zero-order valence-electron chi connectivity index (χ0n) is 11.2. The van der Waals surface area contributed by atoms with Crippen molar-refractivity contribution >= 4 is 34.8 Å². The van der Waals surface area contributed by atoms with Gasteiger partial charge in [0.05, 0.1) is 12.5 Å². The SMILES string of the molecule is ClCc1cc(Cl)ccc1OCc1cc(Cl)cc2c1OCC2. The molecule has 0 bridgehead atoms. The molecule has 0 saturated carbocycles. The van der Waals surface area contributed by atoms with Gasteiger partial charge in [0.1, 0.15) is 18.1 Å². The van der Waals surface area contributed by atoms with Crippen molar-refractivity contribution in [2.24, 2.45) is 0 Å². The average molecular weight is 344 g/mol. The Balaban J connectivity index is 1.83. The van der Waals surface area contributed by atoms with E-state index in [0.717, 1.165) is 34.6 Å². The summed E-state index contributed by atoms with van der Waals surface area (Å²) < 4.78 is 11.5. The molecule has 2 aromatic rings. The predicted octanol–water partition coefficient (Wildman–Crippen LogP) is 5.25. The zero-order valence-corrected chi connectivity index (χ0v) is 13.4. The first kappa shape index (κ1) is 14.8. The first-order chi connectivity index (χ1) is 10.2. The molecule has 0 unspecified atom stereocenters. The topological polar surface area (TPSA) is 18.5 Å². The van der Waals surface area contributed by atoms with Crippen LogP contribution in [0.15, 0.2) is 30.3 Å². The van der Waals surface area contributed by atoms with Crippen LogP contribution in [-0.2, 0) is 18.9 Å². The van der Waals surface area contributed by atoms with Gasteiger partial charge in [0.15, 0.2) is 0 Å². The quantitative estimate of drug-likeness (QED) is 0.706. The lowest BCUT2D eigenvalue weighted by Crippen LogP contribution is -2.00. The molecule has 1 heterocycles. The van der Waals surface area contributed by atoms with E-state index in [1.165, 1.54) is 0 Å². The van der Waals surface area contributed by atoms with Gasteiger partial charge in [0, 0.05) is 27.6 Å². The van der Waals surface area contributed by atoms with Crippen LogP contribution in [0.2, 0.25) is 10.0 Å². The highest BCUT2D eigenvalue weighted by Crippen LogP contribution is 2.34. The number of benzene rings is 2. The van der Waals surface area contributed by atoms with Gasteiger partial charge >= 0.3 is 0 Å². The highest BCUT2D eigenvalue weighted by Gasteiger charge is 2.18. The molecule has 5 heteroatoms. The molecule has 0 aromatic heterocycles. The fraction of sp³-hybridized carbons (Fsp3) is 0.250. The Morgan fingerprint density at radius 3 is 2.67 bits per heavy atom. The molecule has 1 aliphatic heterocycles. The molecule has 2 nitrogen and oxygen atoms in total. The molecule has 110 valence electrons.